The first kappa shape index (κ1) is 20.2. The van der Waals surface area contributed by atoms with Crippen molar-refractivity contribution in [3.05, 3.63) is 42.1 Å². The summed E-state index contributed by atoms with van der Waals surface area (Å²) in [7, 11) is 0. The number of rotatable bonds is 7. The van der Waals surface area contributed by atoms with E-state index in [1.165, 1.54) is 6.20 Å². The van der Waals surface area contributed by atoms with Crippen LogP contribution in [-0.2, 0) is 0 Å². The third kappa shape index (κ3) is 5.97. The summed E-state index contributed by atoms with van der Waals surface area (Å²) >= 11 is 0. The van der Waals surface area contributed by atoms with Crippen LogP contribution < -0.4 is 15.8 Å². The fourth-order valence-electron chi connectivity index (χ4n) is 2.94. The standard InChI is InChI=1S/C20H24N4O3/c1-13(2)10-20(3,22)12-27-17-5-4-14(8-16(17)11-21)15-6-7-23-18(9-15)24-19(25)26/h4-9,13H,10,12,22H2,1-3H3,(H,23,24)(H,25,26). The number of aromatic nitrogens is 1. The molecular weight excluding hydrogens is 344 g/mol. The smallest absolute Gasteiger partial charge is 0.410 e. The number of anilines is 1. The zero-order valence-corrected chi connectivity index (χ0v) is 15.7. The number of nitrogens with zero attached hydrogens (tertiary/aromatic N) is 2. The molecule has 0 aliphatic carbocycles. The second-order valence-electron chi connectivity index (χ2n) is 7.22. The van der Waals surface area contributed by atoms with Gasteiger partial charge in [-0.2, -0.15) is 5.26 Å². The molecule has 1 amide bonds. The molecule has 1 atom stereocenters. The van der Waals surface area contributed by atoms with Crippen LogP contribution in [0.5, 0.6) is 5.75 Å². The number of carboxylic acid groups (broad SMARTS) is 1. The predicted octanol–water partition coefficient (Wildman–Crippen LogP) is 3.85. The topological polar surface area (TPSA) is 121 Å². The fraction of sp³-hybridized carbons (Fsp3) is 0.350. The molecule has 0 saturated carbocycles. The lowest BCUT2D eigenvalue weighted by Crippen LogP contribution is -2.43. The molecule has 7 nitrogen and oxygen atoms in total. The van der Waals surface area contributed by atoms with Gasteiger partial charge in [-0.15, -0.1) is 0 Å². The van der Waals surface area contributed by atoms with Crippen LogP contribution >= 0.6 is 0 Å². The van der Waals surface area contributed by atoms with Gasteiger partial charge in [-0.3, -0.25) is 5.32 Å². The summed E-state index contributed by atoms with van der Waals surface area (Å²) in [6.07, 6.45) is 1.12. The lowest BCUT2D eigenvalue weighted by molar-refractivity contribution is 0.206. The minimum absolute atomic E-state index is 0.214. The molecule has 0 radical (unpaired) electrons. The molecule has 2 rings (SSSR count). The highest BCUT2D eigenvalue weighted by molar-refractivity contribution is 5.82. The van der Waals surface area contributed by atoms with Gasteiger partial charge in [-0.25, -0.2) is 9.78 Å². The third-order valence-electron chi connectivity index (χ3n) is 3.86. The van der Waals surface area contributed by atoms with Gasteiger partial charge in [0.15, 0.2) is 0 Å². The largest absolute Gasteiger partial charge is 0.490 e. The first-order chi connectivity index (χ1) is 12.7. The van der Waals surface area contributed by atoms with E-state index in [1.54, 1.807) is 24.3 Å². The molecule has 142 valence electrons. The Hall–Kier alpha value is -3.11. The van der Waals surface area contributed by atoms with E-state index in [-0.39, 0.29) is 5.82 Å². The first-order valence-corrected chi connectivity index (χ1v) is 8.62. The quantitative estimate of drug-likeness (QED) is 0.682. The molecule has 0 spiro atoms. The summed E-state index contributed by atoms with van der Waals surface area (Å²) in [4.78, 5) is 14.7. The number of carbonyl (C=O) groups is 1. The Balaban J connectivity index is 2.21. The van der Waals surface area contributed by atoms with Crippen molar-refractivity contribution in [3.8, 4) is 22.9 Å². The highest BCUT2D eigenvalue weighted by atomic mass is 16.5. The van der Waals surface area contributed by atoms with Gasteiger partial charge in [-0.05, 0) is 54.7 Å². The second-order valence-corrected chi connectivity index (χ2v) is 7.22. The summed E-state index contributed by atoms with van der Waals surface area (Å²) in [5, 5.41) is 20.5. The molecule has 0 bridgehead atoms. The lowest BCUT2D eigenvalue weighted by atomic mass is 9.93. The molecule has 1 heterocycles. The average Bonchev–Trinajstić information content (AvgIpc) is 2.58. The molecule has 0 fully saturated rings. The van der Waals surface area contributed by atoms with Crippen molar-refractivity contribution in [2.24, 2.45) is 11.7 Å². The minimum Gasteiger partial charge on any atom is -0.490 e. The number of hydrogen-bond donors (Lipinski definition) is 3. The van der Waals surface area contributed by atoms with Crippen LogP contribution in [0, 0.1) is 17.2 Å². The molecule has 1 aromatic heterocycles. The van der Waals surface area contributed by atoms with Gasteiger partial charge in [0, 0.05) is 11.7 Å². The number of amides is 1. The fourth-order valence-corrected chi connectivity index (χ4v) is 2.94. The monoisotopic (exact) mass is 368 g/mol. The zero-order chi connectivity index (χ0) is 20.0. The van der Waals surface area contributed by atoms with E-state index in [1.807, 2.05) is 13.0 Å². The maximum absolute atomic E-state index is 10.8. The summed E-state index contributed by atoms with van der Waals surface area (Å²) in [5.74, 6) is 1.13. The average molecular weight is 368 g/mol. The van der Waals surface area contributed by atoms with Crippen LogP contribution in [0.1, 0.15) is 32.8 Å². The third-order valence-corrected chi connectivity index (χ3v) is 3.86. The molecule has 0 aliphatic heterocycles. The van der Waals surface area contributed by atoms with Gasteiger partial charge < -0.3 is 15.6 Å². The van der Waals surface area contributed by atoms with E-state index in [9.17, 15) is 10.1 Å². The summed E-state index contributed by atoms with van der Waals surface area (Å²) in [6.45, 7) is 6.44. The SMILES string of the molecule is CC(C)CC(C)(N)COc1ccc(-c2ccnc(NC(=O)O)c2)cc1C#N. The highest BCUT2D eigenvalue weighted by Crippen LogP contribution is 2.28. The maximum atomic E-state index is 10.8. The predicted molar refractivity (Wildman–Crippen MR) is 104 cm³/mol. The number of benzene rings is 1. The summed E-state index contributed by atoms with van der Waals surface area (Å²) in [6, 6.07) is 10.7. The van der Waals surface area contributed by atoms with Gasteiger partial charge >= 0.3 is 6.09 Å². The summed E-state index contributed by atoms with van der Waals surface area (Å²) in [5.41, 5.74) is 7.66. The van der Waals surface area contributed by atoms with Crippen LogP contribution in [0.25, 0.3) is 11.1 Å². The van der Waals surface area contributed by atoms with Crippen molar-refractivity contribution in [2.45, 2.75) is 32.7 Å². The van der Waals surface area contributed by atoms with E-state index >= 15 is 0 Å². The Labute approximate surface area is 158 Å². The Morgan fingerprint density at radius 1 is 1.37 bits per heavy atom. The van der Waals surface area contributed by atoms with Crippen LogP contribution in [0.15, 0.2) is 36.5 Å². The van der Waals surface area contributed by atoms with Crippen LogP contribution in [0.4, 0.5) is 10.6 Å². The molecule has 0 saturated heterocycles. The Bertz CT molecular complexity index is 857. The maximum Gasteiger partial charge on any atom is 0.410 e. The Morgan fingerprint density at radius 3 is 2.70 bits per heavy atom. The normalized spacial score (nSPS) is 12.9. The van der Waals surface area contributed by atoms with Gasteiger partial charge in [-0.1, -0.05) is 19.9 Å². The number of pyridine rings is 1. The molecule has 27 heavy (non-hydrogen) atoms. The lowest BCUT2D eigenvalue weighted by Gasteiger charge is -2.26. The molecular formula is C20H24N4O3. The number of hydrogen-bond acceptors (Lipinski definition) is 5. The van der Waals surface area contributed by atoms with Crippen molar-refractivity contribution in [2.75, 3.05) is 11.9 Å². The van der Waals surface area contributed by atoms with Gasteiger partial charge in [0.2, 0.25) is 0 Å². The zero-order valence-electron chi connectivity index (χ0n) is 15.7. The molecule has 7 heteroatoms. The molecule has 4 N–H and O–H groups in total. The van der Waals surface area contributed by atoms with Crippen LogP contribution in [0.2, 0.25) is 0 Å². The second kappa shape index (κ2) is 8.52. The first-order valence-electron chi connectivity index (χ1n) is 8.62. The van der Waals surface area contributed by atoms with E-state index in [0.717, 1.165) is 17.5 Å². The van der Waals surface area contributed by atoms with Crippen molar-refractivity contribution >= 4 is 11.9 Å². The highest BCUT2D eigenvalue weighted by Gasteiger charge is 2.21. The van der Waals surface area contributed by atoms with Crippen molar-refractivity contribution < 1.29 is 14.6 Å². The molecule has 0 aliphatic rings. The number of ether oxygens (including phenoxy) is 1. The van der Waals surface area contributed by atoms with Gasteiger partial charge in [0.05, 0.1) is 5.56 Å². The number of nitrogens with two attached hydrogens (primary N) is 1. The number of nitriles is 1. The van der Waals surface area contributed by atoms with Crippen LogP contribution in [0.3, 0.4) is 0 Å². The number of nitrogens with one attached hydrogen (secondary N) is 1. The molecule has 1 aromatic carbocycles. The van der Waals surface area contributed by atoms with Crippen molar-refractivity contribution in [1.29, 1.82) is 5.26 Å². The van der Waals surface area contributed by atoms with Crippen molar-refractivity contribution in [3.63, 3.8) is 0 Å². The van der Waals surface area contributed by atoms with E-state index < -0.39 is 11.6 Å². The van der Waals surface area contributed by atoms with E-state index in [2.05, 4.69) is 30.2 Å². The summed E-state index contributed by atoms with van der Waals surface area (Å²) < 4.78 is 5.81. The Morgan fingerprint density at radius 2 is 2.07 bits per heavy atom. The van der Waals surface area contributed by atoms with E-state index in [0.29, 0.717) is 23.8 Å². The molecule has 1 unspecified atom stereocenters. The van der Waals surface area contributed by atoms with Gasteiger partial charge in [0.25, 0.3) is 0 Å². The van der Waals surface area contributed by atoms with E-state index in [4.69, 9.17) is 15.6 Å². The van der Waals surface area contributed by atoms with Gasteiger partial charge in [0.1, 0.15) is 24.2 Å². The van der Waals surface area contributed by atoms with Crippen molar-refractivity contribution in [1.82, 2.24) is 4.98 Å². The minimum atomic E-state index is -1.19. The van der Waals surface area contributed by atoms with Crippen LogP contribution in [-0.4, -0.2) is 28.3 Å². The Kier molecular flexibility index (Phi) is 6.37. The molecule has 2 aromatic rings.